The van der Waals surface area contributed by atoms with Gasteiger partial charge in [-0.1, -0.05) is 13.0 Å². The second-order valence-electron chi connectivity index (χ2n) is 4.29. The lowest BCUT2D eigenvalue weighted by Crippen LogP contribution is -2.19. The van der Waals surface area contributed by atoms with Crippen LogP contribution in [0, 0.1) is 6.92 Å². The van der Waals surface area contributed by atoms with Gasteiger partial charge in [-0.2, -0.15) is 0 Å². The largest absolute Gasteiger partial charge is 0.416 e. The second-order valence-corrected chi connectivity index (χ2v) is 5.27. The highest BCUT2D eigenvalue weighted by atomic mass is 32.2. The van der Waals surface area contributed by atoms with Crippen molar-refractivity contribution >= 4 is 11.8 Å². The summed E-state index contributed by atoms with van der Waals surface area (Å²) < 4.78 is 5.31. The van der Waals surface area contributed by atoms with Gasteiger partial charge < -0.3 is 9.73 Å². The van der Waals surface area contributed by atoms with Crippen molar-refractivity contribution in [3.8, 4) is 0 Å². The molecule has 5 nitrogen and oxygen atoms in total. The number of aryl methyl sites for hydroxylation is 1. The number of pyridine rings is 1. The Morgan fingerprint density at radius 2 is 2.21 bits per heavy atom. The van der Waals surface area contributed by atoms with Crippen molar-refractivity contribution in [2.24, 2.45) is 0 Å². The van der Waals surface area contributed by atoms with E-state index in [0.717, 1.165) is 18.0 Å². The Morgan fingerprint density at radius 3 is 2.79 bits per heavy atom. The van der Waals surface area contributed by atoms with Crippen LogP contribution >= 0.6 is 11.8 Å². The minimum Gasteiger partial charge on any atom is -0.416 e. The van der Waals surface area contributed by atoms with Crippen LogP contribution in [0.15, 0.2) is 33.0 Å². The third-order valence-electron chi connectivity index (χ3n) is 2.66. The van der Waals surface area contributed by atoms with Gasteiger partial charge in [-0.25, -0.2) is 4.98 Å². The molecule has 0 aliphatic rings. The van der Waals surface area contributed by atoms with Crippen LogP contribution in [-0.4, -0.2) is 21.7 Å². The third-order valence-corrected chi connectivity index (χ3v) is 3.45. The van der Waals surface area contributed by atoms with Crippen molar-refractivity contribution in [1.82, 2.24) is 20.5 Å². The topological polar surface area (TPSA) is 63.8 Å². The van der Waals surface area contributed by atoms with Crippen LogP contribution in [0.4, 0.5) is 0 Å². The zero-order valence-electron chi connectivity index (χ0n) is 11.4. The molecule has 2 aromatic rings. The summed E-state index contributed by atoms with van der Waals surface area (Å²) in [5, 5.41) is 12.5. The Kier molecular flexibility index (Phi) is 4.93. The number of aromatic nitrogens is 3. The number of hydrogen-bond acceptors (Lipinski definition) is 6. The smallest absolute Gasteiger partial charge is 0.282 e. The van der Waals surface area contributed by atoms with Crippen molar-refractivity contribution in [2.45, 2.75) is 43.5 Å². The lowest BCUT2D eigenvalue weighted by Gasteiger charge is -2.13. The van der Waals surface area contributed by atoms with E-state index in [9.17, 15) is 0 Å². The predicted octanol–water partition coefficient (Wildman–Crippen LogP) is 2.98. The molecule has 0 bridgehead atoms. The summed E-state index contributed by atoms with van der Waals surface area (Å²) in [4.78, 5) is 4.41. The molecule has 2 rings (SSSR count). The SMILES string of the molecule is CCCNC(C)c1ccc(Sc2nnc(C)o2)nc1. The van der Waals surface area contributed by atoms with Crippen LogP contribution in [-0.2, 0) is 0 Å². The molecule has 0 aliphatic heterocycles. The molecule has 6 heteroatoms. The molecular formula is C13H18N4OS. The van der Waals surface area contributed by atoms with Gasteiger partial charge >= 0.3 is 0 Å². The van der Waals surface area contributed by atoms with Crippen molar-refractivity contribution < 1.29 is 4.42 Å². The van der Waals surface area contributed by atoms with Crippen LogP contribution in [0.5, 0.6) is 0 Å². The van der Waals surface area contributed by atoms with Gasteiger partial charge in [-0.15, -0.1) is 10.2 Å². The monoisotopic (exact) mass is 278 g/mol. The number of rotatable bonds is 6. The number of hydrogen-bond donors (Lipinski definition) is 1. The molecule has 0 saturated heterocycles. The Balaban J connectivity index is 1.98. The molecule has 2 aromatic heterocycles. The third kappa shape index (κ3) is 4.04. The fourth-order valence-corrected chi connectivity index (χ4v) is 2.26. The van der Waals surface area contributed by atoms with Gasteiger partial charge in [0.05, 0.1) is 0 Å². The van der Waals surface area contributed by atoms with Crippen molar-refractivity contribution in [2.75, 3.05) is 6.54 Å². The minimum absolute atomic E-state index is 0.317. The first-order chi connectivity index (χ1) is 9.19. The van der Waals surface area contributed by atoms with Crippen LogP contribution in [0.25, 0.3) is 0 Å². The number of nitrogens with zero attached hydrogens (tertiary/aromatic N) is 3. The van der Waals surface area contributed by atoms with E-state index in [1.54, 1.807) is 6.92 Å². The summed E-state index contributed by atoms with van der Waals surface area (Å²) >= 11 is 1.37. The molecule has 19 heavy (non-hydrogen) atoms. The van der Waals surface area contributed by atoms with Crippen molar-refractivity contribution in [3.05, 3.63) is 29.8 Å². The predicted molar refractivity (Wildman–Crippen MR) is 74.1 cm³/mol. The summed E-state index contributed by atoms with van der Waals surface area (Å²) in [7, 11) is 0. The first-order valence-corrected chi connectivity index (χ1v) is 7.18. The molecule has 0 amide bonds. The van der Waals surface area contributed by atoms with Gasteiger partial charge in [0.2, 0.25) is 5.89 Å². The highest BCUT2D eigenvalue weighted by molar-refractivity contribution is 7.99. The molecule has 1 unspecified atom stereocenters. The van der Waals surface area contributed by atoms with Gasteiger partial charge in [-0.3, -0.25) is 0 Å². The minimum atomic E-state index is 0.317. The van der Waals surface area contributed by atoms with Gasteiger partial charge in [0.1, 0.15) is 5.03 Å². The molecule has 0 aliphatic carbocycles. The first-order valence-electron chi connectivity index (χ1n) is 6.36. The van der Waals surface area contributed by atoms with E-state index in [1.165, 1.54) is 17.3 Å². The van der Waals surface area contributed by atoms with Crippen molar-refractivity contribution in [3.63, 3.8) is 0 Å². The average molecular weight is 278 g/mol. The summed E-state index contributed by atoms with van der Waals surface area (Å²) in [6, 6.07) is 4.37. The zero-order chi connectivity index (χ0) is 13.7. The summed E-state index contributed by atoms with van der Waals surface area (Å²) in [5.74, 6) is 0.566. The molecular weight excluding hydrogens is 260 g/mol. The van der Waals surface area contributed by atoms with E-state index in [-0.39, 0.29) is 0 Å². The second kappa shape index (κ2) is 6.68. The lowest BCUT2D eigenvalue weighted by molar-refractivity contribution is 0.429. The fraction of sp³-hybridized carbons (Fsp3) is 0.462. The van der Waals surface area contributed by atoms with Crippen LogP contribution < -0.4 is 5.32 Å². The van der Waals surface area contributed by atoms with Gasteiger partial charge in [-0.05, 0) is 43.3 Å². The molecule has 0 radical (unpaired) electrons. The standard InChI is InChI=1S/C13H18N4OS/c1-4-7-14-9(2)11-5-6-12(15-8-11)19-13-17-16-10(3)18-13/h5-6,8-9,14H,4,7H2,1-3H3. The van der Waals surface area contributed by atoms with E-state index < -0.39 is 0 Å². The van der Waals surface area contributed by atoms with Crippen LogP contribution in [0.3, 0.4) is 0 Å². The maximum Gasteiger partial charge on any atom is 0.282 e. The fourth-order valence-electron chi connectivity index (χ4n) is 1.60. The Bertz CT molecular complexity index is 512. The van der Waals surface area contributed by atoms with Crippen LogP contribution in [0.2, 0.25) is 0 Å². The summed E-state index contributed by atoms with van der Waals surface area (Å²) in [6.45, 7) is 7.08. The quantitative estimate of drug-likeness (QED) is 0.876. The van der Waals surface area contributed by atoms with Crippen molar-refractivity contribution in [1.29, 1.82) is 0 Å². The highest BCUT2D eigenvalue weighted by Gasteiger charge is 2.08. The maximum atomic E-state index is 5.31. The Morgan fingerprint density at radius 1 is 1.37 bits per heavy atom. The number of nitrogens with one attached hydrogen (secondary N) is 1. The molecule has 1 N–H and O–H groups in total. The highest BCUT2D eigenvalue weighted by Crippen LogP contribution is 2.25. The zero-order valence-corrected chi connectivity index (χ0v) is 12.2. The molecule has 0 saturated carbocycles. The molecule has 2 heterocycles. The van der Waals surface area contributed by atoms with E-state index in [2.05, 4.69) is 40.4 Å². The van der Waals surface area contributed by atoms with E-state index >= 15 is 0 Å². The normalized spacial score (nSPS) is 12.6. The molecule has 0 fully saturated rings. The molecule has 0 aromatic carbocycles. The van der Waals surface area contributed by atoms with Crippen LogP contribution in [0.1, 0.15) is 37.8 Å². The van der Waals surface area contributed by atoms with Gasteiger partial charge in [0.25, 0.3) is 5.22 Å². The first kappa shape index (κ1) is 14.0. The van der Waals surface area contributed by atoms with Gasteiger partial charge in [0.15, 0.2) is 0 Å². The average Bonchev–Trinajstić information content (AvgIpc) is 2.82. The Hall–Kier alpha value is -1.40. The molecule has 1 atom stereocenters. The summed E-state index contributed by atoms with van der Waals surface area (Å²) in [5.41, 5.74) is 1.18. The Labute approximate surface area is 117 Å². The maximum absolute atomic E-state index is 5.31. The molecule has 0 spiro atoms. The van der Waals surface area contributed by atoms with E-state index in [1.807, 2.05) is 12.3 Å². The van der Waals surface area contributed by atoms with Gasteiger partial charge in [0, 0.05) is 19.2 Å². The van der Waals surface area contributed by atoms with E-state index in [4.69, 9.17) is 4.42 Å². The van der Waals surface area contributed by atoms with E-state index in [0.29, 0.717) is 17.2 Å². The summed E-state index contributed by atoms with van der Waals surface area (Å²) in [6.07, 6.45) is 3.01. The molecule has 102 valence electrons. The lowest BCUT2D eigenvalue weighted by atomic mass is 10.1.